The molecule has 164 valence electrons. The molecule has 1 saturated heterocycles. The molecule has 0 aliphatic carbocycles. The zero-order valence-corrected chi connectivity index (χ0v) is 17.8. The van der Waals surface area contributed by atoms with E-state index in [1.54, 1.807) is 24.3 Å². The summed E-state index contributed by atoms with van der Waals surface area (Å²) in [6.07, 6.45) is 2.08. The van der Waals surface area contributed by atoms with Crippen molar-refractivity contribution in [2.24, 2.45) is 0 Å². The smallest absolute Gasteiger partial charge is 0.257 e. The molecular formula is C23H27N3O5. The van der Waals surface area contributed by atoms with Crippen molar-refractivity contribution in [2.45, 2.75) is 19.4 Å². The normalized spacial score (nSPS) is 12.9. The van der Waals surface area contributed by atoms with Crippen LogP contribution in [0, 0.1) is 0 Å². The summed E-state index contributed by atoms with van der Waals surface area (Å²) in [5, 5.41) is 5.33. The molecule has 0 spiro atoms. The van der Waals surface area contributed by atoms with E-state index >= 15 is 0 Å². The highest BCUT2D eigenvalue weighted by molar-refractivity contribution is 5.95. The first-order chi connectivity index (χ1) is 15.0. The van der Waals surface area contributed by atoms with Gasteiger partial charge in [0.15, 0.2) is 18.1 Å². The number of nitrogens with zero attached hydrogens (tertiary/aromatic N) is 1. The van der Waals surface area contributed by atoms with E-state index in [0.717, 1.165) is 31.5 Å². The van der Waals surface area contributed by atoms with Crippen molar-refractivity contribution >= 4 is 17.7 Å². The maximum Gasteiger partial charge on any atom is 0.257 e. The molecule has 2 aromatic rings. The quantitative estimate of drug-likeness (QED) is 0.674. The van der Waals surface area contributed by atoms with Gasteiger partial charge in [0.1, 0.15) is 0 Å². The third kappa shape index (κ3) is 5.75. The maximum atomic E-state index is 12.6. The number of nitrogens with one attached hydrogen (secondary N) is 2. The van der Waals surface area contributed by atoms with Gasteiger partial charge in [-0.05, 0) is 48.7 Å². The summed E-state index contributed by atoms with van der Waals surface area (Å²) in [6, 6.07) is 12.1. The average molecular weight is 425 g/mol. The van der Waals surface area contributed by atoms with Crippen molar-refractivity contribution in [3.05, 3.63) is 59.2 Å². The second kappa shape index (κ2) is 10.5. The van der Waals surface area contributed by atoms with Crippen LogP contribution in [0.25, 0.3) is 0 Å². The number of likely N-dealkylation sites (tertiary alicyclic amines) is 1. The second-order valence-electron chi connectivity index (χ2n) is 7.21. The Kier molecular flexibility index (Phi) is 7.48. The fourth-order valence-corrected chi connectivity index (χ4v) is 3.35. The van der Waals surface area contributed by atoms with Gasteiger partial charge in [-0.1, -0.05) is 12.1 Å². The first kappa shape index (κ1) is 22.1. The van der Waals surface area contributed by atoms with Crippen LogP contribution in [0.1, 0.15) is 39.1 Å². The molecular weight excluding hydrogens is 398 g/mol. The molecule has 2 N–H and O–H groups in total. The minimum absolute atomic E-state index is 0.0303. The van der Waals surface area contributed by atoms with Crippen LogP contribution in [0.5, 0.6) is 11.5 Å². The van der Waals surface area contributed by atoms with Crippen LogP contribution in [0.15, 0.2) is 42.5 Å². The molecule has 31 heavy (non-hydrogen) atoms. The molecule has 3 amide bonds. The van der Waals surface area contributed by atoms with Gasteiger partial charge in [-0.15, -0.1) is 0 Å². The number of carbonyl (C=O) groups excluding carboxylic acids is 3. The topological polar surface area (TPSA) is 97.0 Å². The zero-order chi connectivity index (χ0) is 22.2. The van der Waals surface area contributed by atoms with Crippen LogP contribution >= 0.6 is 0 Å². The lowest BCUT2D eigenvalue weighted by Gasteiger charge is -2.16. The second-order valence-corrected chi connectivity index (χ2v) is 7.21. The molecule has 8 heteroatoms. The van der Waals surface area contributed by atoms with Crippen molar-refractivity contribution in [3.8, 4) is 11.5 Å². The van der Waals surface area contributed by atoms with Gasteiger partial charge in [0.2, 0.25) is 0 Å². The number of methoxy groups -OCH3 is 1. The molecule has 0 radical (unpaired) electrons. The van der Waals surface area contributed by atoms with Crippen LogP contribution in [0.4, 0.5) is 0 Å². The van der Waals surface area contributed by atoms with E-state index in [9.17, 15) is 14.4 Å². The molecule has 3 rings (SSSR count). The molecule has 8 nitrogen and oxygen atoms in total. The van der Waals surface area contributed by atoms with Crippen LogP contribution in [-0.4, -0.2) is 56.5 Å². The summed E-state index contributed by atoms with van der Waals surface area (Å²) in [5.74, 6) is 0.204. The first-order valence-electron chi connectivity index (χ1n) is 10.2. The lowest BCUT2D eigenvalue weighted by atomic mass is 10.1. The summed E-state index contributed by atoms with van der Waals surface area (Å²) in [5.41, 5.74) is 1.87. The summed E-state index contributed by atoms with van der Waals surface area (Å²) in [4.78, 5) is 38.4. The zero-order valence-electron chi connectivity index (χ0n) is 17.8. The Bertz CT molecular complexity index is 954. The molecule has 0 bridgehead atoms. The van der Waals surface area contributed by atoms with Crippen molar-refractivity contribution in [1.29, 1.82) is 0 Å². The number of hydrogen-bond acceptors (Lipinski definition) is 5. The van der Waals surface area contributed by atoms with Gasteiger partial charge in [0.25, 0.3) is 17.7 Å². The van der Waals surface area contributed by atoms with E-state index < -0.39 is 0 Å². The number of benzene rings is 2. The van der Waals surface area contributed by atoms with E-state index in [0.29, 0.717) is 22.6 Å². The number of amides is 3. The van der Waals surface area contributed by atoms with Crippen LogP contribution < -0.4 is 20.1 Å². The molecule has 1 fully saturated rings. The predicted octanol–water partition coefficient (Wildman–Crippen LogP) is 1.99. The third-order valence-corrected chi connectivity index (χ3v) is 5.08. The van der Waals surface area contributed by atoms with E-state index in [4.69, 9.17) is 9.47 Å². The predicted molar refractivity (Wildman–Crippen MR) is 115 cm³/mol. The molecule has 2 aromatic carbocycles. The average Bonchev–Trinajstić information content (AvgIpc) is 3.35. The highest BCUT2D eigenvalue weighted by Crippen LogP contribution is 2.28. The first-order valence-corrected chi connectivity index (χ1v) is 10.2. The minimum atomic E-state index is -0.285. The fraction of sp³-hybridized carbons (Fsp3) is 0.348. The summed E-state index contributed by atoms with van der Waals surface area (Å²) >= 11 is 0. The molecule has 0 unspecified atom stereocenters. The van der Waals surface area contributed by atoms with Crippen LogP contribution in [0.3, 0.4) is 0 Å². The van der Waals surface area contributed by atoms with Crippen molar-refractivity contribution in [3.63, 3.8) is 0 Å². The molecule has 0 aromatic heterocycles. The van der Waals surface area contributed by atoms with Crippen LogP contribution in [-0.2, 0) is 11.3 Å². The Morgan fingerprint density at radius 3 is 2.48 bits per heavy atom. The van der Waals surface area contributed by atoms with Gasteiger partial charge in [-0.25, -0.2) is 0 Å². The van der Waals surface area contributed by atoms with Gasteiger partial charge in [0, 0.05) is 37.8 Å². The number of rotatable bonds is 8. The maximum absolute atomic E-state index is 12.6. The Labute approximate surface area is 181 Å². The molecule has 0 atom stereocenters. The highest BCUT2D eigenvalue weighted by Gasteiger charge is 2.19. The highest BCUT2D eigenvalue weighted by atomic mass is 16.5. The minimum Gasteiger partial charge on any atom is -0.493 e. The summed E-state index contributed by atoms with van der Waals surface area (Å²) in [7, 11) is 2.99. The standard InChI is InChI=1S/C23H27N3O5/c1-24-21(27)15-31-19-9-8-17(13-20(19)30-2)22(28)25-14-16-6-5-7-18(12-16)23(29)26-10-3-4-11-26/h5-9,12-13H,3-4,10-11,14-15H2,1-2H3,(H,24,27)(H,25,28). The molecule has 0 saturated carbocycles. The van der Waals surface area contributed by atoms with E-state index in [1.807, 2.05) is 23.1 Å². The largest absolute Gasteiger partial charge is 0.493 e. The van der Waals surface area contributed by atoms with E-state index in [2.05, 4.69) is 10.6 Å². The van der Waals surface area contributed by atoms with E-state index in [-0.39, 0.29) is 30.9 Å². The Morgan fingerprint density at radius 2 is 1.77 bits per heavy atom. The Balaban J connectivity index is 1.62. The molecule has 1 heterocycles. The number of ether oxygens (including phenoxy) is 2. The summed E-state index contributed by atoms with van der Waals surface area (Å²) in [6.45, 7) is 1.73. The Morgan fingerprint density at radius 1 is 1.00 bits per heavy atom. The number of hydrogen-bond donors (Lipinski definition) is 2. The lowest BCUT2D eigenvalue weighted by molar-refractivity contribution is -0.122. The van der Waals surface area contributed by atoms with Crippen molar-refractivity contribution < 1.29 is 23.9 Å². The number of likely N-dealkylation sites (N-methyl/N-ethyl adjacent to an activating group) is 1. The lowest BCUT2D eigenvalue weighted by Crippen LogP contribution is -2.28. The van der Waals surface area contributed by atoms with Gasteiger partial charge >= 0.3 is 0 Å². The van der Waals surface area contributed by atoms with Crippen molar-refractivity contribution in [1.82, 2.24) is 15.5 Å². The third-order valence-electron chi connectivity index (χ3n) is 5.08. The fourth-order valence-electron chi connectivity index (χ4n) is 3.35. The SMILES string of the molecule is CNC(=O)COc1ccc(C(=O)NCc2cccc(C(=O)N3CCCC3)c2)cc1OC. The number of carbonyl (C=O) groups is 3. The van der Waals surface area contributed by atoms with Crippen molar-refractivity contribution in [2.75, 3.05) is 33.9 Å². The van der Waals surface area contributed by atoms with Crippen LogP contribution in [0.2, 0.25) is 0 Å². The van der Waals surface area contributed by atoms with Gasteiger partial charge in [-0.2, -0.15) is 0 Å². The van der Waals surface area contributed by atoms with Gasteiger partial charge in [0.05, 0.1) is 7.11 Å². The van der Waals surface area contributed by atoms with E-state index in [1.165, 1.54) is 14.2 Å². The Hall–Kier alpha value is -3.55. The molecule has 1 aliphatic heterocycles. The monoisotopic (exact) mass is 425 g/mol. The van der Waals surface area contributed by atoms with Gasteiger partial charge in [-0.3, -0.25) is 14.4 Å². The summed E-state index contributed by atoms with van der Waals surface area (Å²) < 4.78 is 10.7. The molecule has 1 aliphatic rings. The van der Waals surface area contributed by atoms with Gasteiger partial charge < -0.3 is 25.0 Å².